The summed E-state index contributed by atoms with van der Waals surface area (Å²) in [5.74, 6) is 7.03. The smallest absolute Gasteiger partial charge is 0.149 e. The topological polar surface area (TPSA) is 55.5 Å². The largest absolute Gasteiger partial charge is 0.481 e. The van der Waals surface area contributed by atoms with Crippen molar-refractivity contribution < 1.29 is 9.84 Å². The Bertz CT molecular complexity index is 692. The molecule has 2 aromatic rings. The van der Waals surface area contributed by atoms with Crippen molar-refractivity contribution in [3.8, 4) is 17.6 Å². The Morgan fingerprint density at radius 2 is 1.96 bits per heavy atom. The van der Waals surface area contributed by atoms with Gasteiger partial charge in [-0.2, -0.15) is 0 Å². The minimum atomic E-state index is -0.517. The second kappa shape index (κ2) is 8.89. The zero-order valence-corrected chi connectivity index (χ0v) is 15.2. The van der Waals surface area contributed by atoms with Gasteiger partial charge < -0.3 is 15.6 Å². The molecule has 4 heteroatoms. The van der Waals surface area contributed by atoms with Gasteiger partial charge in [0.25, 0.3) is 0 Å². The SMILES string of the molecule is CCc1ccc(OCC#Cc2ccc(CCC(C)(N)CO)s2)cc1. The molecule has 2 rings (SSSR count). The van der Waals surface area contributed by atoms with Crippen LogP contribution in [-0.2, 0) is 12.8 Å². The van der Waals surface area contributed by atoms with Crippen molar-refractivity contribution in [1.29, 1.82) is 0 Å². The molecule has 3 N–H and O–H groups in total. The van der Waals surface area contributed by atoms with Crippen LogP contribution in [0.15, 0.2) is 36.4 Å². The average Bonchev–Trinajstić information content (AvgIpc) is 3.05. The summed E-state index contributed by atoms with van der Waals surface area (Å²) in [6.07, 6.45) is 2.65. The molecule has 3 nitrogen and oxygen atoms in total. The Labute approximate surface area is 148 Å². The number of rotatable bonds is 7. The van der Waals surface area contributed by atoms with Crippen LogP contribution >= 0.6 is 11.3 Å². The van der Waals surface area contributed by atoms with E-state index in [1.54, 1.807) is 11.3 Å². The van der Waals surface area contributed by atoms with Gasteiger partial charge >= 0.3 is 0 Å². The molecule has 0 amide bonds. The summed E-state index contributed by atoms with van der Waals surface area (Å²) >= 11 is 1.67. The molecule has 1 heterocycles. The van der Waals surface area contributed by atoms with E-state index in [0.717, 1.165) is 29.9 Å². The maximum atomic E-state index is 9.19. The maximum Gasteiger partial charge on any atom is 0.149 e. The molecule has 0 saturated carbocycles. The second-order valence-corrected chi connectivity index (χ2v) is 7.33. The third kappa shape index (κ3) is 6.01. The highest BCUT2D eigenvalue weighted by atomic mass is 32.1. The van der Waals surface area contributed by atoms with Gasteiger partial charge in [-0.25, -0.2) is 0 Å². The standard InChI is InChI=1S/C20H25NO2S/c1-3-16-6-8-17(9-7-16)23-14-4-5-18-10-11-19(24-18)12-13-20(2,21)15-22/h6-11,22H,3,12-15,21H2,1-2H3. The maximum absolute atomic E-state index is 9.19. The van der Waals surface area contributed by atoms with Gasteiger partial charge in [0.05, 0.1) is 11.5 Å². The van der Waals surface area contributed by atoms with Crippen molar-refractivity contribution in [2.75, 3.05) is 13.2 Å². The van der Waals surface area contributed by atoms with Crippen LogP contribution in [0.5, 0.6) is 5.75 Å². The highest BCUT2D eigenvalue weighted by molar-refractivity contribution is 7.12. The Balaban J connectivity index is 1.81. The number of ether oxygens (including phenoxy) is 1. The monoisotopic (exact) mass is 343 g/mol. The van der Waals surface area contributed by atoms with E-state index in [4.69, 9.17) is 10.5 Å². The minimum absolute atomic E-state index is 0.00160. The second-order valence-electron chi connectivity index (χ2n) is 6.17. The molecule has 0 fully saturated rings. The molecule has 1 aromatic heterocycles. The number of benzene rings is 1. The van der Waals surface area contributed by atoms with Gasteiger partial charge in [-0.3, -0.25) is 0 Å². The number of thiophene rings is 1. The van der Waals surface area contributed by atoms with Crippen LogP contribution in [0, 0.1) is 11.8 Å². The van der Waals surface area contributed by atoms with Crippen LogP contribution in [0.4, 0.5) is 0 Å². The number of aliphatic hydroxyl groups excluding tert-OH is 1. The average molecular weight is 343 g/mol. The van der Waals surface area contributed by atoms with Crippen molar-refractivity contribution in [2.45, 2.75) is 38.6 Å². The minimum Gasteiger partial charge on any atom is -0.481 e. The van der Waals surface area contributed by atoms with Crippen molar-refractivity contribution in [2.24, 2.45) is 5.73 Å². The van der Waals surface area contributed by atoms with Gasteiger partial charge in [0.2, 0.25) is 0 Å². The normalized spacial score (nSPS) is 13.0. The van der Waals surface area contributed by atoms with Crippen molar-refractivity contribution in [1.82, 2.24) is 0 Å². The van der Waals surface area contributed by atoms with Crippen LogP contribution in [0.3, 0.4) is 0 Å². The lowest BCUT2D eigenvalue weighted by atomic mass is 9.98. The lowest BCUT2D eigenvalue weighted by Gasteiger charge is -2.20. The summed E-state index contributed by atoms with van der Waals surface area (Å²) < 4.78 is 5.63. The predicted molar refractivity (Wildman–Crippen MR) is 101 cm³/mol. The fraction of sp³-hybridized carbons (Fsp3) is 0.400. The molecule has 0 saturated heterocycles. The zero-order chi connectivity index (χ0) is 17.4. The summed E-state index contributed by atoms with van der Waals surface area (Å²) in [7, 11) is 0. The van der Waals surface area contributed by atoms with Crippen LogP contribution in [0.2, 0.25) is 0 Å². The van der Waals surface area contributed by atoms with Gasteiger partial charge in [-0.1, -0.05) is 30.9 Å². The van der Waals surface area contributed by atoms with E-state index in [0.29, 0.717) is 6.61 Å². The quantitative estimate of drug-likeness (QED) is 0.758. The molecular weight excluding hydrogens is 318 g/mol. The van der Waals surface area contributed by atoms with Gasteiger partial charge in [0.1, 0.15) is 12.4 Å². The summed E-state index contributed by atoms with van der Waals surface area (Å²) in [5, 5.41) is 9.19. The fourth-order valence-electron chi connectivity index (χ4n) is 2.13. The van der Waals surface area contributed by atoms with E-state index in [9.17, 15) is 5.11 Å². The fourth-order valence-corrected chi connectivity index (χ4v) is 3.01. The van der Waals surface area contributed by atoms with Crippen molar-refractivity contribution in [3.05, 3.63) is 51.7 Å². The Morgan fingerprint density at radius 1 is 1.21 bits per heavy atom. The first kappa shape index (κ1) is 18.5. The van der Waals surface area contributed by atoms with E-state index < -0.39 is 5.54 Å². The molecule has 0 radical (unpaired) electrons. The third-order valence-electron chi connectivity index (χ3n) is 3.82. The van der Waals surface area contributed by atoms with Gasteiger partial charge in [0.15, 0.2) is 0 Å². The molecule has 1 aromatic carbocycles. The van der Waals surface area contributed by atoms with Crippen LogP contribution in [0.1, 0.15) is 35.6 Å². The first-order chi connectivity index (χ1) is 11.5. The van der Waals surface area contributed by atoms with E-state index in [1.165, 1.54) is 10.4 Å². The molecule has 1 unspecified atom stereocenters. The highest BCUT2D eigenvalue weighted by Gasteiger charge is 2.16. The van der Waals surface area contributed by atoms with Gasteiger partial charge in [-0.15, -0.1) is 11.3 Å². The van der Waals surface area contributed by atoms with Crippen molar-refractivity contribution in [3.63, 3.8) is 0 Å². The highest BCUT2D eigenvalue weighted by Crippen LogP contribution is 2.19. The molecule has 0 aliphatic carbocycles. The van der Waals surface area contributed by atoms with Gasteiger partial charge in [-0.05, 0) is 56.0 Å². The van der Waals surface area contributed by atoms with E-state index in [-0.39, 0.29) is 6.61 Å². The molecule has 0 bridgehead atoms. The molecule has 128 valence electrons. The lowest BCUT2D eigenvalue weighted by molar-refractivity contribution is 0.201. The first-order valence-electron chi connectivity index (χ1n) is 8.21. The molecule has 1 atom stereocenters. The summed E-state index contributed by atoms with van der Waals surface area (Å²) in [6.45, 7) is 4.38. The third-order valence-corrected chi connectivity index (χ3v) is 4.88. The molecule has 0 spiro atoms. The predicted octanol–water partition coefficient (Wildman–Crippen LogP) is 3.38. The summed E-state index contributed by atoms with van der Waals surface area (Å²) in [6, 6.07) is 12.2. The Hall–Kier alpha value is -1.80. The van der Waals surface area contributed by atoms with Gasteiger partial charge in [0, 0.05) is 10.4 Å². The van der Waals surface area contributed by atoms with Crippen LogP contribution in [-0.4, -0.2) is 23.9 Å². The first-order valence-corrected chi connectivity index (χ1v) is 9.03. The zero-order valence-electron chi connectivity index (χ0n) is 14.3. The van der Waals surface area contributed by atoms with E-state index >= 15 is 0 Å². The van der Waals surface area contributed by atoms with Crippen LogP contribution in [0.25, 0.3) is 0 Å². The number of nitrogens with two attached hydrogens (primary N) is 1. The Morgan fingerprint density at radius 3 is 2.62 bits per heavy atom. The molecule has 24 heavy (non-hydrogen) atoms. The molecule has 0 aliphatic heterocycles. The lowest BCUT2D eigenvalue weighted by Crippen LogP contribution is -2.40. The number of aliphatic hydroxyl groups is 1. The Kier molecular flexibility index (Phi) is 6.86. The number of aryl methyl sites for hydroxylation is 2. The van der Waals surface area contributed by atoms with Crippen molar-refractivity contribution >= 4 is 11.3 Å². The number of hydrogen-bond acceptors (Lipinski definition) is 4. The summed E-state index contributed by atoms with van der Waals surface area (Å²) in [4.78, 5) is 2.26. The van der Waals surface area contributed by atoms with Crippen LogP contribution < -0.4 is 10.5 Å². The number of hydrogen-bond donors (Lipinski definition) is 2. The molecule has 0 aliphatic rings. The molecular formula is C20H25NO2S. The van der Waals surface area contributed by atoms with E-state index in [2.05, 4.69) is 37.0 Å². The summed E-state index contributed by atoms with van der Waals surface area (Å²) in [5.41, 5.74) is 6.74. The van der Waals surface area contributed by atoms with E-state index in [1.807, 2.05) is 25.1 Å².